The molecule has 1 atom stereocenters. The van der Waals surface area contributed by atoms with Crippen molar-refractivity contribution < 1.29 is 13.5 Å². The van der Waals surface area contributed by atoms with Crippen LogP contribution in [0.25, 0.3) is 22.2 Å². The van der Waals surface area contributed by atoms with E-state index in [1.54, 1.807) is 13.0 Å². The van der Waals surface area contributed by atoms with Gasteiger partial charge in [0, 0.05) is 10.6 Å². The fraction of sp³-hybridized carbons (Fsp3) is 0.211. The van der Waals surface area contributed by atoms with E-state index < -0.39 is 12.7 Å². The molecule has 11 heteroatoms. The third-order valence-corrected chi connectivity index (χ3v) is 4.98. The second-order valence-corrected chi connectivity index (χ2v) is 6.89. The molecule has 0 saturated heterocycles. The van der Waals surface area contributed by atoms with Gasteiger partial charge in [0.05, 0.1) is 17.3 Å². The molecule has 30 heavy (non-hydrogen) atoms. The highest BCUT2D eigenvalue weighted by Crippen LogP contribution is 2.37. The van der Waals surface area contributed by atoms with E-state index in [4.69, 9.17) is 22.1 Å². The second-order valence-electron chi connectivity index (χ2n) is 6.49. The van der Waals surface area contributed by atoms with Crippen LogP contribution in [0.4, 0.5) is 14.6 Å². The number of aromatic nitrogens is 6. The minimum Gasteiger partial charge on any atom is -0.480 e. The van der Waals surface area contributed by atoms with Gasteiger partial charge < -0.3 is 10.5 Å². The molecule has 3 aromatic heterocycles. The van der Waals surface area contributed by atoms with Gasteiger partial charge in [-0.15, -0.1) is 5.10 Å². The first-order chi connectivity index (χ1) is 14.4. The number of rotatable bonds is 5. The van der Waals surface area contributed by atoms with Crippen LogP contribution in [0.1, 0.15) is 31.0 Å². The smallest absolute Gasteiger partial charge is 0.334 e. The Bertz CT molecular complexity index is 1230. The van der Waals surface area contributed by atoms with Crippen LogP contribution in [0.2, 0.25) is 5.02 Å². The molecule has 0 saturated carbocycles. The first-order valence-electron chi connectivity index (χ1n) is 8.87. The Morgan fingerprint density at radius 2 is 1.97 bits per heavy atom. The highest BCUT2D eigenvalue weighted by atomic mass is 35.5. The van der Waals surface area contributed by atoms with Crippen molar-refractivity contribution in [1.82, 2.24) is 29.7 Å². The molecule has 0 fully saturated rings. The predicted octanol–water partition coefficient (Wildman–Crippen LogP) is 4.36. The number of pyridine rings is 1. The predicted molar refractivity (Wildman–Crippen MR) is 107 cm³/mol. The maximum atomic E-state index is 12.8. The van der Waals surface area contributed by atoms with E-state index in [1.165, 1.54) is 12.5 Å². The fourth-order valence-electron chi connectivity index (χ4n) is 3.03. The van der Waals surface area contributed by atoms with Crippen molar-refractivity contribution in [2.24, 2.45) is 0 Å². The molecular formula is C19H16ClF2N7O. The van der Waals surface area contributed by atoms with Crippen molar-refractivity contribution >= 4 is 28.3 Å². The molecule has 0 unspecified atom stereocenters. The topological polar surface area (TPSA) is 105 Å². The minimum absolute atomic E-state index is 0.0913. The molecule has 0 aliphatic rings. The standard InChI is InChI=1S/C19H16ClF2N7O/c1-9-11(4-3-5-12(9)20)15-16-14(17(23)26-7-25-16)13(6-24-15)30-10(2)18-27-8-29(28-18)19(21)22/h3-8,10,19H,1-2H3,(H2,23,25,26)/t10-/m0/s1. The van der Waals surface area contributed by atoms with Gasteiger partial charge >= 0.3 is 6.55 Å². The lowest BCUT2D eigenvalue weighted by Crippen LogP contribution is -2.09. The molecule has 0 amide bonds. The van der Waals surface area contributed by atoms with Gasteiger partial charge in [-0.1, -0.05) is 23.7 Å². The Morgan fingerprint density at radius 1 is 1.17 bits per heavy atom. The number of benzene rings is 1. The molecule has 0 bridgehead atoms. The van der Waals surface area contributed by atoms with Gasteiger partial charge in [0.15, 0.2) is 17.7 Å². The molecule has 0 spiro atoms. The molecule has 0 radical (unpaired) electrons. The Labute approximate surface area is 174 Å². The summed E-state index contributed by atoms with van der Waals surface area (Å²) in [6, 6.07) is 5.49. The maximum Gasteiger partial charge on any atom is 0.334 e. The van der Waals surface area contributed by atoms with Gasteiger partial charge in [0.25, 0.3) is 0 Å². The van der Waals surface area contributed by atoms with E-state index in [2.05, 4.69) is 25.0 Å². The van der Waals surface area contributed by atoms with E-state index >= 15 is 0 Å². The van der Waals surface area contributed by atoms with Crippen molar-refractivity contribution in [2.75, 3.05) is 5.73 Å². The number of anilines is 1. The molecule has 154 valence electrons. The summed E-state index contributed by atoms with van der Waals surface area (Å²) in [5.41, 5.74) is 8.79. The Hall–Kier alpha value is -3.40. The number of halogens is 3. The van der Waals surface area contributed by atoms with E-state index in [-0.39, 0.29) is 17.4 Å². The lowest BCUT2D eigenvalue weighted by molar-refractivity contribution is 0.0550. The van der Waals surface area contributed by atoms with Crippen LogP contribution in [-0.2, 0) is 0 Å². The van der Waals surface area contributed by atoms with Crippen LogP contribution in [-0.4, -0.2) is 29.7 Å². The quantitative estimate of drug-likeness (QED) is 0.500. The summed E-state index contributed by atoms with van der Waals surface area (Å²) in [6.45, 7) is 0.726. The highest BCUT2D eigenvalue weighted by Gasteiger charge is 2.21. The molecule has 1 aromatic carbocycles. The van der Waals surface area contributed by atoms with Crippen LogP contribution in [0.5, 0.6) is 5.75 Å². The van der Waals surface area contributed by atoms with Crippen LogP contribution in [0.3, 0.4) is 0 Å². The number of alkyl halides is 2. The van der Waals surface area contributed by atoms with E-state index in [0.717, 1.165) is 17.5 Å². The molecule has 0 aliphatic heterocycles. The average Bonchev–Trinajstić information content (AvgIpc) is 3.21. The Kier molecular flexibility index (Phi) is 5.17. The molecule has 8 nitrogen and oxygen atoms in total. The van der Waals surface area contributed by atoms with Crippen molar-refractivity contribution in [2.45, 2.75) is 26.5 Å². The number of ether oxygens (including phenoxy) is 1. The zero-order valence-corrected chi connectivity index (χ0v) is 16.7. The third-order valence-electron chi connectivity index (χ3n) is 4.57. The SMILES string of the molecule is Cc1c(Cl)cccc1-c1ncc(O[C@@H](C)c2ncn(C(F)F)n2)c2c(N)ncnc12. The summed E-state index contributed by atoms with van der Waals surface area (Å²) in [7, 11) is 0. The zero-order chi connectivity index (χ0) is 21.4. The molecule has 4 aromatic rings. The van der Waals surface area contributed by atoms with Crippen molar-refractivity contribution in [1.29, 1.82) is 0 Å². The first kappa shape index (κ1) is 19.9. The monoisotopic (exact) mass is 431 g/mol. The summed E-state index contributed by atoms with van der Waals surface area (Å²) in [5.74, 6) is 0.567. The van der Waals surface area contributed by atoms with Crippen LogP contribution in [0, 0.1) is 6.92 Å². The average molecular weight is 432 g/mol. The maximum absolute atomic E-state index is 12.8. The van der Waals surface area contributed by atoms with Gasteiger partial charge in [0.1, 0.15) is 24.0 Å². The van der Waals surface area contributed by atoms with Gasteiger partial charge in [-0.3, -0.25) is 4.98 Å². The van der Waals surface area contributed by atoms with Gasteiger partial charge in [0.2, 0.25) is 0 Å². The summed E-state index contributed by atoms with van der Waals surface area (Å²) < 4.78 is 31.9. The highest BCUT2D eigenvalue weighted by molar-refractivity contribution is 6.31. The molecular weight excluding hydrogens is 416 g/mol. The lowest BCUT2D eigenvalue weighted by atomic mass is 10.0. The number of fused-ring (bicyclic) bond motifs is 1. The minimum atomic E-state index is -2.79. The summed E-state index contributed by atoms with van der Waals surface area (Å²) >= 11 is 6.26. The van der Waals surface area contributed by atoms with Crippen molar-refractivity contribution in [3.05, 3.63) is 53.5 Å². The van der Waals surface area contributed by atoms with E-state index in [0.29, 0.717) is 26.3 Å². The van der Waals surface area contributed by atoms with Gasteiger partial charge in [-0.2, -0.15) is 13.5 Å². The summed E-state index contributed by atoms with van der Waals surface area (Å²) in [4.78, 5) is 16.8. The fourth-order valence-corrected chi connectivity index (χ4v) is 3.21. The molecule has 4 rings (SSSR count). The summed E-state index contributed by atoms with van der Waals surface area (Å²) in [6.07, 6.45) is 3.02. The number of hydrogen-bond donors (Lipinski definition) is 1. The molecule has 0 aliphatic carbocycles. The van der Waals surface area contributed by atoms with Crippen LogP contribution in [0.15, 0.2) is 37.1 Å². The Balaban J connectivity index is 1.79. The molecule has 2 N–H and O–H groups in total. The number of nitrogen functional groups attached to an aromatic ring is 1. The molecule has 3 heterocycles. The normalized spacial score (nSPS) is 12.5. The third kappa shape index (κ3) is 3.50. The van der Waals surface area contributed by atoms with E-state index in [1.807, 2.05) is 19.1 Å². The van der Waals surface area contributed by atoms with Crippen molar-refractivity contribution in [3.63, 3.8) is 0 Å². The van der Waals surface area contributed by atoms with Crippen LogP contribution < -0.4 is 10.5 Å². The van der Waals surface area contributed by atoms with E-state index in [9.17, 15) is 8.78 Å². The number of nitrogens with two attached hydrogens (primary N) is 1. The van der Waals surface area contributed by atoms with Gasteiger partial charge in [-0.25, -0.2) is 15.0 Å². The lowest BCUT2D eigenvalue weighted by Gasteiger charge is -2.16. The van der Waals surface area contributed by atoms with Gasteiger partial charge in [-0.05, 0) is 25.5 Å². The second kappa shape index (κ2) is 7.79. The first-order valence-corrected chi connectivity index (χ1v) is 9.25. The number of nitrogens with zero attached hydrogens (tertiary/aromatic N) is 6. The van der Waals surface area contributed by atoms with Crippen LogP contribution >= 0.6 is 11.6 Å². The Morgan fingerprint density at radius 3 is 2.70 bits per heavy atom. The largest absolute Gasteiger partial charge is 0.480 e. The zero-order valence-electron chi connectivity index (χ0n) is 15.9. The number of hydrogen-bond acceptors (Lipinski definition) is 7. The summed E-state index contributed by atoms with van der Waals surface area (Å²) in [5, 5.41) is 4.77. The van der Waals surface area contributed by atoms with Crippen molar-refractivity contribution in [3.8, 4) is 17.0 Å².